The first-order valence-electron chi connectivity index (χ1n) is 9.39. The predicted octanol–water partition coefficient (Wildman–Crippen LogP) is 4.07. The van der Waals surface area contributed by atoms with Gasteiger partial charge < -0.3 is 10.1 Å². The van der Waals surface area contributed by atoms with Crippen molar-refractivity contribution in [2.45, 2.75) is 32.8 Å². The molecule has 0 saturated carbocycles. The molecule has 0 aliphatic heterocycles. The van der Waals surface area contributed by atoms with Gasteiger partial charge in [0.05, 0.1) is 0 Å². The molecular weight excluding hydrogens is 371 g/mol. The summed E-state index contributed by atoms with van der Waals surface area (Å²) in [6.45, 7) is 4.47. The maximum atomic E-state index is 13.7. The molecule has 0 saturated heterocycles. The second kappa shape index (κ2) is 12.2. The lowest BCUT2D eigenvalue weighted by atomic mass is 10.2. The van der Waals surface area contributed by atoms with Gasteiger partial charge in [-0.2, -0.15) is 0 Å². The molecule has 1 aromatic heterocycles. The third kappa shape index (κ3) is 7.64. The van der Waals surface area contributed by atoms with Crippen LogP contribution in [0, 0.1) is 17.7 Å². The first-order chi connectivity index (χ1) is 14.2. The van der Waals surface area contributed by atoms with Crippen LogP contribution in [0.3, 0.4) is 0 Å². The van der Waals surface area contributed by atoms with E-state index in [2.05, 4.69) is 27.4 Å². The van der Waals surface area contributed by atoms with Crippen LogP contribution in [0.4, 0.5) is 10.2 Å². The Hall–Kier alpha value is -3.37. The minimum Gasteiger partial charge on any atom is -0.487 e. The minimum atomic E-state index is -0.358. The van der Waals surface area contributed by atoms with E-state index >= 15 is 0 Å². The molecular formula is C22H25FN4O2. The van der Waals surface area contributed by atoms with Gasteiger partial charge in [0.1, 0.15) is 17.6 Å². The fourth-order valence-electron chi connectivity index (χ4n) is 2.43. The number of ether oxygens (including phenoxy) is 1. The van der Waals surface area contributed by atoms with Crippen LogP contribution in [-0.4, -0.2) is 28.1 Å². The van der Waals surface area contributed by atoms with Crippen molar-refractivity contribution in [3.8, 4) is 17.6 Å². The molecule has 0 aliphatic carbocycles. The van der Waals surface area contributed by atoms with Crippen LogP contribution in [-0.2, 0) is 0 Å². The van der Waals surface area contributed by atoms with E-state index in [-0.39, 0.29) is 17.7 Å². The number of halogens is 1. The summed E-state index contributed by atoms with van der Waals surface area (Å²) in [7, 11) is 0. The van der Waals surface area contributed by atoms with Crippen molar-refractivity contribution in [3.05, 3.63) is 71.8 Å². The molecule has 1 unspecified atom stereocenters. The number of para-hydroxylation sites is 1. The molecule has 1 aromatic carbocycles. The van der Waals surface area contributed by atoms with Gasteiger partial charge in [0, 0.05) is 24.7 Å². The van der Waals surface area contributed by atoms with Crippen molar-refractivity contribution < 1.29 is 14.3 Å². The summed E-state index contributed by atoms with van der Waals surface area (Å²) in [5.74, 6) is 6.30. The molecule has 0 bridgehead atoms. The molecule has 0 amide bonds. The summed E-state index contributed by atoms with van der Waals surface area (Å²) in [6, 6.07) is 9.95. The monoisotopic (exact) mass is 396 g/mol. The van der Waals surface area contributed by atoms with Gasteiger partial charge in [-0.3, -0.25) is 10.7 Å². The summed E-state index contributed by atoms with van der Waals surface area (Å²) in [5.41, 5.74) is 3.08. The average molecular weight is 396 g/mol. The van der Waals surface area contributed by atoms with E-state index in [0.29, 0.717) is 30.1 Å². The molecule has 3 N–H and O–H groups in total. The highest BCUT2D eigenvalue weighted by Gasteiger charge is 2.11. The SMILES string of the molecule is C/C=C\C(C#Cc1ccc(NCCC(CC)Oc2ccccc2F)nn1)=C/NO. The number of benzene rings is 1. The van der Waals surface area contributed by atoms with Crippen LogP contribution in [0.15, 0.2) is 60.3 Å². The highest BCUT2D eigenvalue weighted by atomic mass is 19.1. The Morgan fingerprint density at radius 3 is 2.76 bits per heavy atom. The zero-order chi connectivity index (χ0) is 20.9. The normalized spacial score (nSPS) is 12.2. The maximum Gasteiger partial charge on any atom is 0.165 e. The Kier molecular flexibility index (Phi) is 9.19. The number of hydrogen-bond acceptors (Lipinski definition) is 6. The number of nitrogens with zero attached hydrogens (tertiary/aromatic N) is 2. The smallest absolute Gasteiger partial charge is 0.165 e. The topological polar surface area (TPSA) is 79.3 Å². The van der Waals surface area contributed by atoms with Crippen molar-refractivity contribution >= 4 is 5.82 Å². The zero-order valence-electron chi connectivity index (χ0n) is 16.5. The fraction of sp³-hybridized carbons (Fsp3) is 0.273. The Balaban J connectivity index is 1.87. The lowest BCUT2D eigenvalue weighted by Gasteiger charge is -2.18. The molecule has 7 heteroatoms. The van der Waals surface area contributed by atoms with Gasteiger partial charge in [0.25, 0.3) is 0 Å². The second-order valence-electron chi connectivity index (χ2n) is 6.08. The average Bonchev–Trinajstić information content (AvgIpc) is 2.74. The molecule has 1 heterocycles. The van der Waals surface area contributed by atoms with Gasteiger partial charge in [0.2, 0.25) is 0 Å². The Labute approximate surface area is 170 Å². The van der Waals surface area contributed by atoms with Crippen molar-refractivity contribution in [2.24, 2.45) is 0 Å². The van der Waals surface area contributed by atoms with E-state index in [1.54, 1.807) is 36.4 Å². The summed E-state index contributed by atoms with van der Waals surface area (Å²) in [5, 5.41) is 20.1. The first-order valence-corrected chi connectivity index (χ1v) is 9.39. The molecule has 0 spiro atoms. The van der Waals surface area contributed by atoms with E-state index in [0.717, 1.165) is 6.42 Å². The van der Waals surface area contributed by atoms with Crippen molar-refractivity contribution in [3.63, 3.8) is 0 Å². The van der Waals surface area contributed by atoms with Gasteiger partial charge in [-0.05, 0) is 49.6 Å². The minimum absolute atomic E-state index is 0.102. The van der Waals surface area contributed by atoms with Crippen LogP contribution in [0.25, 0.3) is 0 Å². The Morgan fingerprint density at radius 1 is 1.28 bits per heavy atom. The number of aromatic nitrogens is 2. The molecule has 0 radical (unpaired) electrons. The number of anilines is 1. The van der Waals surface area contributed by atoms with Crippen molar-refractivity contribution in [1.82, 2.24) is 15.7 Å². The van der Waals surface area contributed by atoms with Crippen LogP contribution in [0.2, 0.25) is 0 Å². The van der Waals surface area contributed by atoms with E-state index in [4.69, 9.17) is 9.94 Å². The van der Waals surface area contributed by atoms with E-state index < -0.39 is 0 Å². The zero-order valence-corrected chi connectivity index (χ0v) is 16.5. The quantitative estimate of drug-likeness (QED) is 0.337. The number of nitrogens with one attached hydrogen (secondary N) is 2. The maximum absolute atomic E-state index is 13.7. The number of hydroxylamine groups is 1. The van der Waals surface area contributed by atoms with Gasteiger partial charge >= 0.3 is 0 Å². The van der Waals surface area contributed by atoms with Crippen LogP contribution < -0.4 is 15.5 Å². The highest BCUT2D eigenvalue weighted by Crippen LogP contribution is 2.19. The molecule has 6 nitrogen and oxygen atoms in total. The van der Waals surface area contributed by atoms with Gasteiger partial charge in [-0.1, -0.05) is 31.1 Å². The van der Waals surface area contributed by atoms with Crippen LogP contribution in [0.5, 0.6) is 5.75 Å². The molecule has 1 atom stereocenters. The van der Waals surface area contributed by atoms with Gasteiger partial charge in [0.15, 0.2) is 11.6 Å². The summed E-state index contributed by atoms with van der Waals surface area (Å²) >= 11 is 0. The lowest BCUT2D eigenvalue weighted by Crippen LogP contribution is -2.20. The van der Waals surface area contributed by atoms with E-state index in [9.17, 15) is 4.39 Å². The van der Waals surface area contributed by atoms with Gasteiger partial charge in [-0.15, -0.1) is 10.2 Å². The van der Waals surface area contributed by atoms with E-state index in [1.165, 1.54) is 12.3 Å². The van der Waals surface area contributed by atoms with Crippen LogP contribution in [0.1, 0.15) is 32.4 Å². The highest BCUT2D eigenvalue weighted by molar-refractivity contribution is 5.43. The van der Waals surface area contributed by atoms with Crippen molar-refractivity contribution in [1.29, 1.82) is 0 Å². The molecule has 29 heavy (non-hydrogen) atoms. The fourth-order valence-corrected chi connectivity index (χ4v) is 2.43. The summed E-state index contributed by atoms with van der Waals surface area (Å²) in [6.07, 6.45) is 6.31. The Morgan fingerprint density at radius 2 is 2.10 bits per heavy atom. The first kappa shape index (κ1) is 21.9. The third-order valence-electron chi connectivity index (χ3n) is 3.92. The Bertz CT molecular complexity index is 886. The molecule has 152 valence electrons. The molecule has 2 aromatic rings. The lowest BCUT2D eigenvalue weighted by molar-refractivity contribution is 0.182. The number of hydrogen-bond donors (Lipinski definition) is 3. The van der Waals surface area contributed by atoms with Crippen molar-refractivity contribution in [2.75, 3.05) is 11.9 Å². The second-order valence-corrected chi connectivity index (χ2v) is 6.08. The van der Waals surface area contributed by atoms with Gasteiger partial charge in [-0.25, -0.2) is 4.39 Å². The molecule has 0 fully saturated rings. The molecule has 0 aliphatic rings. The summed E-state index contributed by atoms with van der Waals surface area (Å²) < 4.78 is 19.5. The predicted molar refractivity (Wildman–Crippen MR) is 111 cm³/mol. The number of allylic oxidation sites excluding steroid dienone is 3. The third-order valence-corrected chi connectivity index (χ3v) is 3.92. The molecule has 2 rings (SSSR count). The largest absolute Gasteiger partial charge is 0.487 e. The van der Waals surface area contributed by atoms with E-state index in [1.807, 2.05) is 25.4 Å². The van der Waals surface area contributed by atoms with Crippen LogP contribution >= 0.6 is 0 Å². The number of rotatable bonds is 9. The summed E-state index contributed by atoms with van der Waals surface area (Å²) in [4.78, 5) is 0. The standard InChI is InChI=1S/C22H25FN4O2/c1-3-7-17(16-25-28)10-11-18-12-13-22(27-26-18)24-15-14-19(4-2)29-21-9-6-5-8-20(21)23/h3,5-9,12-13,16,19,25,28H,4,14-15H2,1-2H3,(H,24,27)/b7-3-,17-16+.